The maximum Gasteiger partial charge on any atom is 0.348 e. The first-order valence-corrected chi connectivity index (χ1v) is 8.26. The van der Waals surface area contributed by atoms with Gasteiger partial charge >= 0.3 is 11.6 Å². The van der Waals surface area contributed by atoms with Crippen molar-refractivity contribution in [1.29, 1.82) is 0 Å². The molecule has 0 radical (unpaired) electrons. The lowest BCUT2D eigenvalue weighted by Gasteiger charge is -2.01. The van der Waals surface area contributed by atoms with Crippen molar-refractivity contribution in [2.75, 3.05) is 5.32 Å². The standard InChI is InChI=1S/C18H13N3O2S/c1-11-6-8-12(9-7-11)15-10-24-18(20-15)21-17-19-14-5-3-2-4-13(14)16(22)23-17/h2-10H,1H3,(H,19,20,21). The minimum atomic E-state index is -0.418. The van der Waals surface area contributed by atoms with Gasteiger partial charge in [0.2, 0.25) is 0 Å². The summed E-state index contributed by atoms with van der Waals surface area (Å²) in [7, 11) is 0. The molecule has 118 valence electrons. The van der Waals surface area contributed by atoms with E-state index in [0.29, 0.717) is 16.0 Å². The Morgan fingerprint density at radius 3 is 2.67 bits per heavy atom. The van der Waals surface area contributed by atoms with E-state index in [1.807, 2.05) is 42.6 Å². The van der Waals surface area contributed by atoms with E-state index < -0.39 is 5.63 Å². The first-order valence-electron chi connectivity index (χ1n) is 7.38. The molecule has 0 aliphatic rings. The van der Waals surface area contributed by atoms with Gasteiger partial charge in [-0.3, -0.25) is 5.32 Å². The molecule has 0 fully saturated rings. The Labute approximate surface area is 141 Å². The topological polar surface area (TPSA) is 68.0 Å². The summed E-state index contributed by atoms with van der Waals surface area (Å²) in [5.41, 5.74) is 3.28. The number of benzene rings is 2. The smallest absolute Gasteiger partial charge is 0.348 e. The molecule has 0 spiro atoms. The van der Waals surface area contributed by atoms with Crippen LogP contribution < -0.4 is 10.9 Å². The van der Waals surface area contributed by atoms with Crippen molar-refractivity contribution >= 4 is 33.4 Å². The van der Waals surface area contributed by atoms with Crippen molar-refractivity contribution in [3.05, 3.63) is 69.9 Å². The zero-order valence-electron chi connectivity index (χ0n) is 12.8. The highest BCUT2D eigenvalue weighted by Gasteiger charge is 2.09. The first-order chi connectivity index (χ1) is 11.7. The van der Waals surface area contributed by atoms with Crippen LogP contribution in [0, 0.1) is 6.92 Å². The summed E-state index contributed by atoms with van der Waals surface area (Å²) in [5.74, 6) is 0. The van der Waals surface area contributed by atoms with Gasteiger partial charge in [0, 0.05) is 10.9 Å². The van der Waals surface area contributed by atoms with Gasteiger partial charge in [-0.1, -0.05) is 42.0 Å². The highest BCUT2D eigenvalue weighted by Crippen LogP contribution is 2.27. The molecule has 2 aromatic carbocycles. The van der Waals surface area contributed by atoms with Crippen LogP contribution in [0.2, 0.25) is 0 Å². The van der Waals surface area contributed by atoms with Crippen LogP contribution in [0.1, 0.15) is 5.56 Å². The van der Waals surface area contributed by atoms with Gasteiger partial charge in [-0.15, -0.1) is 11.3 Å². The van der Waals surface area contributed by atoms with E-state index in [-0.39, 0.29) is 6.01 Å². The second kappa shape index (κ2) is 5.90. The monoisotopic (exact) mass is 335 g/mol. The minimum absolute atomic E-state index is 0.142. The zero-order valence-corrected chi connectivity index (χ0v) is 13.6. The lowest BCUT2D eigenvalue weighted by molar-refractivity contribution is 0.522. The molecule has 0 aliphatic heterocycles. The quantitative estimate of drug-likeness (QED) is 0.602. The lowest BCUT2D eigenvalue weighted by atomic mass is 10.1. The van der Waals surface area contributed by atoms with Crippen LogP contribution in [-0.2, 0) is 0 Å². The van der Waals surface area contributed by atoms with Crippen molar-refractivity contribution in [3.8, 4) is 11.3 Å². The lowest BCUT2D eigenvalue weighted by Crippen LogP contribution is -2.04. The van der Waals surface area contributed by atoms with Gasteiger partial charge in [0.1, 0.15) is 0 Å². The van der Waals surface area contributed by atoms with Crippen LogP contribution in [0.25, 0.3) is 22.2 Å². The molecule has 1 N–H and O–H groups in total. The van der Waals surface area contributed by atoms with Crippen LogP contribution in [-0.4, -0.2) is 9.97 Å². The predicted molar refractivity (Wildman–Crippen MR) is 95.8 cm³/mol. The number of rotatable bonds is 3. The molecular formula is C18H13N3O2S. The molecule has 0 unspecified atom stereocenters. The molecular weight excluding hydrogens is 322 g/mol. The van der Waals surface area contributed by atoms with Crippen LogP contribution in [0.15, 0.2) is 63.1 Å². The van der Waals surface area contributed by atoms with Crippen LogP contribution in [0.4, 0.5) is 11.1 Å². The number of hydrogen-bond acceptors (Lipinski definition) is 6. The van der Waals surface area contributed by atoms with E-state index in [9.17, 15) is 4.79 Å². The van der Waals surface area contributed by atoms with E-state index in [0.717, 1.165) is 11.3 Å². The van der Waals surface area contributed by atoms with Crippen LogP contribution in [0.5, 0.6) is 0 Å². The number of fused-ring (bicyclic) bond motifs is 1. The minimum Gasteiger partial charge on any atom is -0.388 e. The molecule has 0 saturated carbocycles. The zero-order chi connectivity index (χ0) is 16.5. The fraction of sp³-hybridized carbons (Fsp3) is 0.0556. The molecule has 0 amide bonds. The number of aryl methyl sites for hydroxylation is 1. The predicted octanol–water partition coefficient (Wildman–Crippen LogP) is 4.36. The Kier molecular flexibility index (Phi) is 3.59. The SMILES string of the molecule is Cc1ccc(-c2csc(Nc3nc4ccccc4c(=O)o3)n2)cc1. The summed E-state index contributed by atoms with van der Waals surface area (Å²) in [4.78, 5) is 20.8. The second-order valence-electron chi connectivity index (χ2n) is 5.35. The average molecular weight is 335 g/mol. The molecule has 5 nitrogen and oxygen atoms in total. The molecule has 0 bridgehead atoms. The Balaban J connectivity index is 1.64. The molecule has 6 heteroatoms. The number of anilines is 2. The average Bonchev–Trinajstić information content (AvgIpc) is 3.04. The van der Waals surface area contributed by atoms with Crippen molar-refractivity contribution in [3.63, 3.8) is 0 Å². The molecule has 2 aromatic heterocycles. The molecule has 2 heterocycles. The summed E-state index contributed by atoms with van der Waals surface area (Å²) in [6, 6.07) is 15.4. The maximum absolute atomic E-state index is 12.0. The Hall–Kier alpha value is -2.99. The Morgan fingerprint density at radius 2 is 1.83 bits per heavy atom. The van der Waals surface area contributed by atoms with E-state index in [1.54, 1.807) is 18.2 Å². The van der Waals surface area contributed by atoms with Gasteiger partial charge in [-0.2, -0.15) is 4.98 Å². The van der Waals surface area contributed by atoms with Gasteiger partial charge < -0.3 is 4.42 Å². The molecule has 0 aliphatic carbocycles. The Morgan fingerprint density at radius 1 is 1.04 bits per heavy atom. The van der Waals surface area contributed by atoms with E-state index >= 15 is 0 Å². The number of hydrogen-bond donors (Lipinski definition) is 1. The third-order valence-electron chi connectivity index (χ3n) is 3.60. The highest BCUT2D eigenvalue weighted by molar-refractivity contribution is 7.14. The maximum atomic E-state index is 12.0. The number of nitrogens with zero attached hydrogens (tertiary/aromatic N) is 2. The Bertz CT molecular complexity index is 1070. The number of aromatic nitrogens is 2. The van der Waals surface area contributed by atoms with Crippen molar-refractivity contribution < 1.29 is 4.42 Å². The van der Waals surface area contributed by atoms with Gasteiger partial charge in [0.05, 0.1) is 16.6 Å². The summed E-state index contributed by atoms with van der Waals surface area (Å²) < 4.78 is 5.21. The molecule has 0 atom stereocenters. The molecule has 4 rings (SSSR count). The number of nitrogens with one attached hydrogen (secondary N) is 1. The summed E-state index contributed by atoms with van der Waals surface area (Å²) >= 11 is 1.43. The van der Waals surface area contributed by atoms with Gasteiger partial charge in [0.25, 0.3) is 0 Å². The fourth-order valence-electron chi connectivity index (χ4n) is 2.35. The summed E-state index contributed by atoms with van der Waals surface area (Å²) in [6.07, 6.45) is 0. The molecule has 0 saturated heterocycles. The number of thiazole rings is 1. The normalized spacial score (nSPS) is 10.9. The largest absolute Gasteiger partial charge is 0.388 e. The molecule has 4 aromatic rings. The van der Waals surface area contributed by atoms with Crippen molar-refractivity contribution in [1.82, 2.24) is 9.97 Å². The summed E-state index contributed by atoms with van der Waals surface area (Å²) in [5, 5.41) is 6.00. The van der Waals surface area contributed by atoms with E-state index in [4.69, 9.17) is 4.42 Å². The summed E-state index contributed by atoms with van der Waals surface area (Å²) in [6.45, 7) is 2.05. The molecule has 24 heavy (non-hydrogen) atoms. The van der Waals surface area contributed by atoms with Gasteiger partial charge in [-0.05, 0) is 19.1 Å². The van der Waals surface area contributed by atoms with E-state index in [2.05, 4.69) is 15.3 Å². The highest BCUT2D eigenvalue weighted by atomic mass is 32.1. The number of para-hydroxylation sites is 1. The van der Waals surface area contributed by atoms with Crippen LogP contribution in [0.3, 0.4) is 0 Å². The van der Waals surface area contributed by atoms with Crippen molar-refractivity contribution in [2.24, 2.45) is 0 Å². The van der Waals surface area contributed by atoms with E-state index in [1.165, 1.54) is 16.9 Å². The van der Waals surface area contributed by atoms with Gasteiger partial charge in [0.15, 0.2) is 5.13 Å². The van der Waals surface area contributed by atoms with Crippen molar-refractivity contribution in [2.45, 2.75) is 6.92 Å². The fourth-order valence-corrected chi connectivity index (χ4v) is 3.06. The third-order valence-corrected chi connectivity index (χ3v) is 4.36. The second-order valence-corrected chi connectivity index (χ2v) is 6.21. The third kappa shape index (κ3) is 2.79. The van der Waals surface area contributed by atoms with Gasteiger partial charge in [-0.25, -0.2) is 9.78 Å². The first kappa shape index (κ1) is 14.6. The van der Waals surface area contributed by atoms with Crippen LogP contribution >= 0.6 is 11.3 Å².